The van der Waals surface area contributed by atoms with Gasteiger partial charge in [0.2, 0.25) is 0 Å². The average Bonchev–Trinajstić information content (AvgIpc) is 2.72. The predicted molar refractivity (Wildman–Crippen MR) is 187 cm³/mol. The number of unbranched alkanes of at least 4 members (excludes halogenated alkanes) is 2. The number of aliphatic hydroxyl groups is 2. The van der Waals surface area contributed by atoms with E-state index in [1.165, 1.54) is 11.7 Å². The fourth-order valence-electron chi connectivity index (χ4n) is 4.88. The monoisotopic (exact) mass is 672 g/mol. The van der Waals surface area contributed by atoms with Crippen LogP contribution in [0.4, 0.5) is 0 Å². The van der Waals surface area contributed by atoms with E-state index >= 15 is 0 Å². The normalized spacial score (nSPS) is 15.1. The van der Waals surface area contributed by atoms with Gasteiger partial charge in [-0.1, -0.05) is 26.1 Å². The summed E-state index contributed by atoms with van der Waals surface area (Å²) in [6.45, 7) is 31.4. The first-order valence-corrected chi connectivity index (χ1v) is 34.0. The van der Waals surface area contributed by atoms with Crippen molar-refractivity contribution < 1.29 is 32.0 Å². The molecule has 13 heteroatoms. The lowest BCUT2D eigenvalue weighted by atomic mass is 9.92. The van der Waals surface area contributed by atoms with Gasteiger partial charge in [0, 0.05) is 21.3 Å². The molecule has 1 unspecified atom stereocenters. The second-order valence-corrected chi connectivity index (χ2v) is 42.6. The Bertz CT molecular complexity index is 636. The van der Waals surface area contributed by atoms with Crippen molar-refractivity contribution in [3.63, 3.8) is 0 Å². The highest BCUT2D eigenvalue weighted by Crippen LogP contribution is 2.26. The summed E-state index contributed by atoms with van der Waals surface area (Å²) in [5.41, 5.74) is 0.576. The van der Waals surface area contributed by atoms with Crippen LogP contribution in [0.2, 0.25) is 103 Å². The van der Waals surface area contributed by atoms with Crippen molar-refractivity contribution in [1.82, 2.24) is 0 Å². The Kier molecular flexibility index (Phi) is 18.6. The molecule has 0 spiro atoms. The molecule has 0 aliphatic carbocycles. The van der Waals surface area contributed by atoms with E-state index in [2.05, 4.69) is 85.1 Å². The predicted octanol–water partition coefficient (Wildman–Crippen LogP) is 6.78. The zero-order chi connectivity index (χ0) is 31.3. The maximum Gasteiger partial charge on any atom is 0.314 e. The first-order valence-electron chi connectivity index (χ1n) is 15.5. The van der Waals surface area contributed by atoms with Crippen molar-refractivity contribution in [3.8, 4) is 0 Å². The van der Waals surface area contributed by atoms with Crippen molar-refractivity contribution in [2.75, 3.05) is 39.6 Å². The SMILES string of the molecule is C[Si](C)(C)C[SiH](CCCCOCC(CO)(CO)COCCCC[Si](C)(O[Si](C)(C)C)O[Si](C)(C)C)O[Si](C)(C)C. The highest BCUT2D eigenvalue weighted by Gasteiger charge is 2.39. The van der Waals surface area contributed by atoms with E-state index in [1.807, 2.05) is 0 Å². The Labute approximate surface area is 255 Å². The molecule has 0 fully saturated rings. The Balaban J connectivity index is 4.53. The van der Waals surface area contributed by atoms with Crippen LogP contribution in [0.5, 0.6) is 0 Å². The van der Waals surface area contributed by atoms with Gasteiger partial charge in [-0.3, -0.25) is 0 Å². The number of hydrogen-bond donors (Lipinski definition) is 2. The van der Waals surface area contributed by atoms with Crippen LogP contribution in [-0.4, -0.2) is 100 Å². The first kappa shape index (κ1) is 41.0. The van der Waals surface area contributed by atoms with Gasteiger partial charge in [0.05, 0.1) is 31.8 Å². The topological polar surface area (TPSA) is 86.6 Å². The third kappa shape index (κ3) is 22.5. The highest BCUT2D eigenvalue weighted by atomic mass is 28.5. The maximum absolute atomic E-state index is 10.1. The Morgan fingerprint density at radius 1 is 0.600 bits per heavy atom. The minimum absolute atomic E-state index is 0.155. The fraction of sp³-hybridized carbons (Fsp3) is 1.00. The second-order valence-electron chi connectivity index (χ2n) is 16.1. The van der Waals surface area contributed by atoms with E-state index in [-0.39, 0.29) is 13.2 Å². The lowest BCUT2D eigenvalue weighted by Crippen LogP contribution is -2.52. The molecule has 0 saturated heterocycles. The Hall–Kier alpha value is 1.02. The number of aliphatic hydroxyl groups excluding tert-OH is 2. The summed E-state index contributed by atoms with van der Waals surface area (Å²) >= 11 is 0. The molecule has 40 heavy (non-hydrogen) atoms. The van der Waals surface area contributed by atoms with Crippen LogP contribution in [0, 0.1) is 5.41 Å². The van der Waals surface area contributed by atoms with Crippen LogP contribution >= 0.6 is 0 Å². The minimum Gasteiger partial charge on any atom is -0.458 e. The molecule has 0 bridgehead atoms. The standard InChI is InChI=1S/C27H68O7Si6/c1-36(2,3)26-35(32-37(4,5)6)20-16-14-18-30-24-27(22-28,23-29)25-31-19-15-17-21-40(13,33-38(7,8)9)34-39(10,11)12/h28-29,35H,14-26H2,1-13H3. The summed E-state index contributed by atoms with van der Waals surface area (Å²) in [7, 11) is -9.42. The molecule has 242 valence electrons. The molecule has 1 atom stereocenters. The van der Waals surface area contributed by atoms with E-state index < -0.39 is 56.0 Å². The average molecular weight is 673 g/mol. The molecule has 2 N–H and O–H groups in total. The van der Waals surface area contributed by atoms with Crippen molar-refractivity contribution in [3.05, 3.63) is 0 Å². The van der Waals surface area contributed by atoms with E-state index in [4.69, 9.17) is 21.8 Å². The van der Waals surface area contributed by atoms with Gasteiger partial charge < -0.3 is 32.0 Å². The summed E-state index contributed by atoms with van der Waals surface area (Å²) in [5.74, 6) is 0. The molecule has 0 saturated carbocycles. The van der Waals surface area contributed by atoms with E-state index in [0.29, 0.717) is 26.4 Å². The Morgan fingerprint density at radius 3 is 1.43 bits per heavy atom. The Morgan fingerprint density at radius 2 is 1.05 bits per heavy atom. The fourth-order valence-corrected chi connectivity index (χ4v) is 30.1. The maximum atomic E-state index is 10.1. The molecule has 0 rings (SSSR count). The molecule has 0 aliphatic heterocycles. The lowest BCUT2D eigenvalue weighted by Gasteiger charge is -2.38. The van der Waals surface area contributed by atoms with Gasteiger partial charge in [-0.05, 0) is 102 Å². The third-order valence-corrected chi connectivity index (χ3v) is 27.7. The van der Waals surface area contributed by atoms with Gasteiger partial charge in [0.1, 0.15) is 0 Å². The highest BCUT2D eigenvalue weighted by molar-refractivity contribution is 6.89. The molecule has 7 nitrogen and oxygen atoms in total. The van der Waals surface area contributed by atoms with Crippen LogP contribution in [0.15, 0.2) is 0 Å². The molecule has 0 radical (unpaired) electrons. The number of rotatable bonds is 24. The second kappa shape index (κ2) is 18.1. The molecule has 0 heterocycles. The van der Waals surface area contributed by atoms with Gasteiger partial charge in [0.25, 0.3) is 0 Å². The quantitative estimate of drug-likeness (QED) is 0.0864. The zero-order valence-electron chi connectivity index (χ0n) is 28.7. The largest absolute Gasteiger partial charge is 0.458 e. The van der Waals surface area contributed by atoms with Gasteiger partial charge in [0.15, 0.2) is 34.0 Å². The summed E-state index contributed by atoms with van der Waals surface area (Å²) in [6, 6.07) is 2.17. The van der Waals surface area contributed by atoms with Gasteiger partial charge in [-0.2, -0.15) is 0 Å². The summed E-state index contributed by atoms with van der Waals surface area (Å²) in [6.07, 6.45) is 4.00. The molecule has 0 aromatic rings. The van der Waals surface area contributed by atoms with Crippen LogP contribution in [0.1, 0.15) is 25.7 Å². The summed E-state index contributed by atoms with van der Waals surface area (Å²) < 4.78 is 31.7. The van der Waals surface area contributed by atoms with E-state index in [0.717, 1.165) is 31.7 Å². The molecule has 0 aromatic heterocycles. The minimum atomic E-state index is -2.22. The smallest absolute Gasteiger partial charge is 0.314 e. The van der Waals surface area contributed by atoms with Crippen LogP contribution in [0.25, 0.3) is 0 Å². The molecule has 0 aliphatic rings. The van der Waals surface area contributed by atoms with Crippen molar-refractivity contribution in [2.45, 2.75) is 129 Å². The molecule has 0 amide bonds. The van der Waals surface area contributed by atoms with Gasteiger partial charge in [-0.25, -0.2) is 0 Å². The molecule has 0 aromatic carbocycles. The van der Waals surface area contributed by atoms with Gasteiger partial charge in [-0.15, -0.1) is 0 Å². The number of hydrogen-bond acceptors (Lipinski definition) is 7. The first-order chi connectivity index (χ1) is 18.0. The van der Waals surface area contributed by atoms with Gasteiger partial charge >= 0.3 is 8.56 Å². The van der Waals surface area contributed by atoms with E-state index in [1.54, 1.807) is 0 Å². The van der Waals surface area contributed by atoms with Crippen LogP contribution < -0.4 is 0 Å². The van der Waals surface area contributed by atoms with Crippen molar-refractivity contribution >= 4 is 50.6 Å². The number of ether oxygens (including phenoxy) is 2. The van der Waals surface area contributed by atoms with Crippen LogP contribution in [0.3, 0.4) is 0 Å². The van der Waals surface area contributed by atoms with Crippen molar-refractivity contribution in [2.24, 2.45) is 5.41 Å². The van der Waals surface area contributed by atoms with Crippen molar-refractivity contribution in [1.29, 1.82) is 0 Å². The lowest BCUT2D eigenvalue weighted by molar-refractivity contribution is -0.0774. The zero-order valence-corrected chi connectivity index (χ0v) is 34.9. The summed E-state index contributed by atoms with van der Waals surface area (Å²) in [4.78, 5) is 0. The third-order valence-electron chi connectivity index (χ3n) is 6.13. The molecular formula is C27H68O7Si6. The van der Waals surface area contributed by atoms with E-state index in [9.17, 15) is 10.2 Å². The molecular weight excluding hydrogens is 605 g/mol. The van der Waals surface area contributed by atoms with Crippen LogP contribution in [-0.2, 0) is 21.8 Å². The summed E-state index contributed by atoms with van der Waals surface area (Å²) in [5, 5.41) is 20.1.